The van der Waals surface area contributed by atoms with Crippen LogP contribution in [0, 0.1) is 0 Å². The summed E-state index contributed by atoms with van der Waals surface area (Å²) < 4.78 is 40.1. The molecule has 0 saturated carbocycles. The maximum atomic E-state index is 12.6. The molecule has 0 unspecified atom stereocenters. The normalized spacial score (nSPS) is 11.8. The molecule has 0 amide bonds. The van der Waals surface area contributed by atoms with Crippen molar-refractivity contribution >= 4 is 15.9 Å². The summed E-state index contributed by atoms with van der Waals surface area (Å²) in [6.07, 6.45) is -2.71. The Hall–Kier alpha value is -1.34. The highest BCUT2D eigenvalue weighted by Gasteiger charge is 2.30. The first kappa shape index (κ1) is 14.1. The van der Waals surface area contributed by atoms with Gasteiger partial charge in [-0.25, -0.2) is 4.68 Å². The lowest BCUT2D eigenvalue weighted by Gasteiger charge is -2.08. The zero-order valence-electron chi connectivity index (χ0n) is 10.0. The average Bonchev–Trinajstić information content (AvgIpc) is 2.71. The second-order valence-electron chi connectivity index (χ2n) is 3.95. The fourth-order valence-corrected chi connectivity index (χ4v) is 2.05. The number of nitrogens with zero attached hydrogens (tertiary/aromatic N) is 2. The highest BCUT2D eigenvalue weighted by molar-refractivity contribution is 9.10. The zero-order chi connectivity index (χ0) is 14.0. The third-order valence-corrected chi connectivity index (χ3v) is 3.18. The Morgan fingerprint density at radius 3 is 2.74 bits per heavy atom. The van der Waals surface area contributed by atoms with Crippen LogP contribution in [0.25, 0.3) is 5.69 Å². The van der Waals surface area contributed by atoms with Crippen molar-refractivity contribution in [3.63, 3.8) is 0 Å². The summed E-state index contributed by atoms with van der Waals surface area (Å²) in [7, 11) is 1.77. The van der Waals surface area contributed by atoms with Gasteiger partial charge in [-0.1, -0.05) is 6.07 Å². The van der Waals surface area contributed by atoms with E-state index in [9.17, 15) is 13.2 Å². The van der Waals surface area contributed by atoms with E-state index >= 15 is 0 Å². The van der Waals surface area contributed by atoms with Gasteiger partial charge in [0.2, 0.25) is 0 Å². The van der Waals surface area contributed by atoms with Gasteiger partial charge < -0.3 is 5.32 Å². The van der Waals surface area contributed by atoms with Crippen LogP contribution in [0.1, 0.15) is 11.3 Å². The second-order valence-corrected chi connectivity index (χ2v) is 4.80. The molecule has 1 aromatic carbocycles. The summed E-state index contributed by atoms with van der Waals surface area (Å²) in [5.41, 5.74) is 0.421. The average molecular weight is 334 g/mol. The van der Waals surface area contributed by atoms with Crippen LogP contribution in [-0.2, 0) is 12.7 Å². The van der Waals surface area contributed by atoms with Gasteiger partial charge in [0.05, 0.1) is 21.4 Å². The highest BCUT2D eigenvalue weighted by atomic mass is 79.9. The van der Waals surface area contributed by atoms with E-state index in [2.05, 4.69) is 26.3 Å². The Balaban J connectivity index is 2.39. The molecule has 0 spiro atoms. The first-order valence-corrected chi connectivity index (χ1v) is 6.27. The number of hydrogen-bond acceptors (Lipinski definition) is 2. The third kappa shape index (κ3) is 3.16. The second kappa shape index (κ2) is 5.34. The molecule has 0 aliphatic carbocycles. The summed E-state index contributed by atoms with van der Waals surface area (Å²) in [4.78, 5) is 0. The molecule has 0 radical (unpaired) electrons. The predicted molar refractivity (Wildman–Crippen MR) is 69.0 cm³/mol. The van der Waals surface area contributed by atoms with Gasteiger partial charge in [-0.3, -0.25) is 0 Å². The fraction of sp³-hybridized carbons (Fsp3) is 0.250. The van der Waals surface area contributed by atoms with Crippen LogP contribution >= 0.6 is 15.9 Å². The van der Waals surface area contributed by atoms with Crippen molar-refractivity contribution in [3.8, 4) is 5.69 Å². The minimum atomic E-state index is -4.35. The Kier molecular flexibility index (Phi) is 3.96. The van der Waals surface area contributed by atoms with Gasteiger partial charge in [-0.05, 0) is 41.2 Å². The first-order valence-electron chi connectivity index (χ1n) is 5.48. The van der Waals surface area contributed by atoms with Gasteiger partial charge in [-0.2, -0.15) is 18.3 Å². The smallest absolute Gasteiger partial charge is 0.314 e. The lowest BCUT2D eigenvalue weighted by atomic mass is 10.2. The van der Waals surface area contributed by atoms with E-state index in [1.807, 2.05) is 0 Å². The summed E-state index contributed by atoms with van der Waals surface area (Å²) in [5.74, 6) is 0. The molecule has 1 N–H and O–H groups in total. The van der Waals surface area contributed by atoms with Crippen molar-refractivity contribution in [1.82, 2.24) is 15.1 Å². The topological polar surface area (TPSA) is 29.9 Å². The van der Waals surface area contributed by atoms with E-state index in [0.717, 1.165) is 22.3 Å². The van der Waals surface area contributed by atoms with Crippen LogP contribution in [0.15, 0.2) is 34.9 Å². The van der Waals surface area contributed by atoms with Gasteiger partial charge >= 0.3 is 6.18 Å². The maximum absolute atomic E-state index is 12.6. The number of aromatic nitrogens is 2. The van der Waals surface area contributed by atoms with E-state index in [1.54, 1.807) is 19.3 Å². The summed E-state index contributed by atoms with van der Waals surface area (Å²) >= 11 is 3.33. The highest BCUT2D eigenvalue weighted by Crippen LogP contribution is 2.30. The molecule has 3 nitrogen and oxygen atoms in total. The Labute approximate surface area is 116 Å². The van der Waals surface area contributed by atoms with Crippen LogP contribution in [0.2, 0.25) is 0 Å². The molecule has 102 valence electrons. The lowest BCUT2D eigenvalue weighted by molar-refractivity contribution is -0.137. The monoisotopic (exact) mass is 333 g/mol. The molecule has 7 heteroatoms. The van der Waals surface area contributed by atoms with Crippen molar-refractivity contribution < 1.29 is 13.2 Å². The molecule has 0 atom stereocenters. The third-order valence-electron chi connectivity index (χ3n) is 2.52. The summed E-state index contributed by atoms with van der Waals surface area (Å²) in [6.45, 7) is 0.534. The van der Waals surface area contributed by atoms with Crippen LogP contribution in [-0.4, -0.2) is 16.8 Å². The van der Waals surface area contributed by atoms with Crippen LogP contribution in [0.3, 0.4) is 0 Å². The summed E-state index contributed by atoms with van der Waals surface area (Å²) in [5, 5.41) is 7.17. The van der Waals surface area contributed by atoms with Crippen molar-refractivity contribution in [2.45, 2.75) is 12.7 Å². The molecule has 0 aliphatic heterocycles. The van der Waals surface area contributed by atoms with E-state index in [1.165, 1.54) is 10.7 Å². The number of rotatable bonds is 3. The van der Waals surface area contributed by atoms with Gasteiger partial charge in [0.15, 0.2) is 0 Å². The Morgan fingerprint density at radius 2 is 2.11 bits per heavy atom. The first-order chi connectivity index (χ1) is 8.91. The molecule has 1 heterocycles. The molecule has 0 bridgehead atoms. The van der Waals surface area contributed by atoms with Crippen molar-refractivity contribution in [1.29, 1.82) is 0 Å². The van der Waals surface area contributed by atoms with Gasteiger partial charge in [0.1, 0.15) is 0 Å². The SMILES string of the molecule is CNCc1nn(-c2cccc(C(F)(F)F)c2)cc1Br. The van der Waals surface area contributed by atoms with Gasteiger partial charge in [-0.15, -0.1) is 0 Å². The van der Waals surface area contributed by atoms with Gasteiger partial charge in [0, 0.05) is 12.7 Å². The number of benzene rings is 1. The molecule has 0 fully saturated rings. The molecular formula is C12H11BrF3N3. The molecule has 19 heavy (non-hydrogen) atoms. The molecule has 1 aromatic heterocycles. The molecule has 0 aliphatic rings. The van der Waals surface area contributed by atoms with Crippen molar-refractivity contribution in [2.75, 3.05) is 7.05 Å². The van der Waals surface area contributed by atoms with E-state index in [4.69, 9.17) is 0 Å². The molecular weight excluding hydrogens is 323 g/mol. The largest absolute Gasteiger partial charge is 0.416 e. The standard InChI is InChI=1S/C12H11BrF3N3/c1-17-6-11-10(13)7-19(18-11)9-4-2-3-8(5-9)12(14,15)16/h2-5,7,17H,6H2,1H3. The van der Waals surface area contributed by atoms with Crippen LogP contribution in [0.5, 0.6) is 0 Å². The number of alkyl halides is 3. The fourth-order valence-electron chi connectivity index (χ4n) is 1.63. The van der Waals surface area contributed by atoms with E-state index < -0.39 is 11.7 Å². The molecule has 2 aromatic rings. The minimum absolute atomic E-state index is 0.373. The van der Waals surface area contributed by atoms with Gasteiger partial charge in [0.25, 0.3) is 0 Å². The number of halogens is 4. The Bertz CT molecular complexity index is 578. The number of hydrogen-bond donors (Lipinski definition) is 1. The summed E-state index contributed by atoms with van der Waals surface area (Å²) in [6, 6.07) is 5.06. The van der Waals surface area contributed by atoms with Crippen molar-refractivity contribution in [3.05, 3.63) is 46.2 Å². The van der Waals surface area contributed by atoms with Crippen LogP contribution < -0.4 is 5.32 Å². The molecule has 2 rings (SSSR count). The predicted octanol–water partition coefficient (Wildman–Crippen LogP) is 3.37. The minimum Gasteiger partial charge on any atom is -0.314 e. The quantitative estimate of drug-likeness (QED) is 0.933. The van der Waals surface area contributed by atoms with Crippen LogP contribution in [0.4, 0.5) is 13.2 Å². The molecule has 0 saturated heterocycles. The van der Waals surface area contributed by atoms with E-state index in [-0.39, 0.29) is 0 Å². The zero-order valence-corrected chi connectivity index (χ0v) is 11.6. The number of nitrogens with one attached hydrogen (secondary N) is 1. The lowest BCUT2D eigenvalue weighted by Crippen LogP contribution is -2.08. The maximum Gasteiger partial charge on any atom is 0.416 e. The Morgan fingerprint density at radius 1 is 1.37 bits per heavy atom. The van der Waals surface area contributed by atoms with E-state index in [0.29, 0.717) is 12.2 Å². The van der Waals surface area contributed by atoms with Crippen molar-refractivity contribution in [2.24, 2.45) is 0 Å².